The molecule has 1 aromatic rings. The number of amides is 1. The second-order valence-corrected chi connectivity index (χ2v) is 5.58. The number of hydrogen-bond donors (Lipinski definition) is 2. The van der Waals surface area contributed by atoms with Crippen LogP contribution < -0.4 is 10.6 Å². The lowest BCUT2D eigenvalue weighted by molar-refractivity contribution is -0.115. The highest BCUT2D eigenvalue weighted by atomic mass is 35.5. The molecule has 1 saturated heterocycles. The highest BCUT2D eigenvalue weighted by molar-refractivity contribution is 6.39. The lowest BCUT2D eigenvalue weighted by Crippen LogP contribution is -2.36. The van der Waals surface area contributed by atoms with E-state index < -0.39 is 0 Å². The quantitative estimate of drug-likeness (QED) is 0.877. The van der Waals surface area contributed by atoms with Crippen molar-refractivity contribution < 1.29 is 9.53 Å². The Morgan fingerprint density at radius 3 is 2.70 bits per heavy atom. The highest BCUT2D eigenvalue weighted by Gasteiger charge is 2.14. The first-order valence-corrected chi connectivity index (χ1v) is 7.48. The van der Waals surface area contributed by atoms with Crippen molar-refractivity contribution >= 4 is 34.8 Å². The molecule has 1 aromatic carbocycles. The van der Waals surface area contributed by atoms with Gasteiger partial charge in [-0.3, -0.25) is 4.79 Å². The number of anilines is 1. The fraction of sp³-hybridized carbons (Fsp3) is 0.500. The van der Waals surface area contributed by atoms with Crippen LogP contribution in [-0.2, 0) is 9.53 Å². The van der Waals surface area contributed by atoms with Gasteiger partial charge in [-0.2, -0.15) is 0 Å². The summed E-state index contributed by atoms with van der Waals surface area (Å²) in [4.78, 5) is 11.8. The van der Waals surface area contributed by atoms with Crippen molar-refractivity contribution in [3.63, 3.8) is 0 Å². The third-order valence-electron chi connectivity index (χ3n) is 3.16. The molecular formula is C14H18Cl2N2O2. The molecule has 1 fully saturated rings. The summed E-state index contributed by atoms with van der Waals surface area (Å²) >= 11 is 12.0. The maximum atomic E-state index is 11.8. The molecule has 0 radical (unpaired) electrons. The lowest BCUT2D eigenvalue weighted by atomic mass is 10.1. The Morgan fingerprint density at radius 1 is 1.30 bits per heavy atom. The third kappa shape index (κ3) is 4.63. The van der Waals surface area contributed by atoms with Crippen LogP contribution in [0.25, 0.3) is 0 Å². The van der Waals surface area contributed by atoms with Gasteiger partial charge in [0.25, 0.3) is 0 Å². The van der Waals surface area contributed by atoms with E-state index in [9.17, 15) is 4.79 Å². The summed E-state index contributed by atoms with van der Waals surface area (Å²) in [7, 11) is 0. The lowest BCUT2D eigenvalue weighted by Gasteiger charge is -2.22. The third-order valence-corrected chi connectivity index (χ3v) is 3.79. The summed E-state index contributed by atoms with van der Waals surface area (Å²) in [5, 5.41) is 6.66. The van der Waals surface area contributed by atoms with Crippen LogP contribution in [0.4, 0.5) is 5.69 Å². The standard InChI is InChI=1S/C14H18Cl2N2O2/c15-11-5-3-6-12(16)14(11)18-13(19)9-17-8-10-4-1-2-7-20-10/h3,5-6,10,17H,1-2,4,7-9H2,(H,18,19). The van der Waals surface area contributed by atoms with Gasteiger partial charge in [-0.05, 0) is 31.4 Å². The normalized spacial score (nSPS) is 18.8. The number of para-hydroxylation sites is 1. The summed E-state index contributed by atoms with van der Waals surface area (Å²) in [5.41, 5.74) is 0.455. The van der Waals surface area contributed by atoms with Crippen LogP contribution in [0.1, 0.15) is 19.3 Å². The number of ether oxygens (including phenoxy) is 1. The van der Waals surface area contributed by atoms with Gasteiger partial charge in [-0.1, -0.05) is 29.3 Å². The monoisotopic (exact) mass is 316 g/mol. The smallest absolute Gasteiger partial charge is 0.238 e. The average molecular weight is 317 g/mol. The second kappa shape index (κ2) is 7.84. The summed E-state index contributed by atoms with van der Waals surface area (Å²) in [6, 6.07) is 5.11. The van der Waals surface area contributed by atoms with Gasteiger partial charge in [0.2, 0.25) is 5.91 Å². The molecule has 0 saturated carbocycles. The van der Waals surface area contributed by atoms with E-state index in [0.29, 0.717) is 22.3 Å². The van der Waals surface area contributed by atoms with Crippen molar-refractivity contribution in [3.05, 3.63) is 28.2 Å². The van der Waals surface area contributed by atoms with Crippen LogP contribution in [0.15, 0.2) is 18.2 Å². The summed E-state index contributed by atoms with van der Waals surface area (Å²) in [5.74, 6) is -0.171. The topological polar surface area (TPSA) is 50.4 Å². The van der Waals surface area contributed by atoms with Crippen molar-refractivity contribution in [3.8, 4) is 0 Å². The van der Waals surface area contributed by atoms with Crippen molar-refractivity contribution in [2.45, 2.75) is 25.4 Å². The first-order chi connectivity index (χ1) is 9.66. The maximum absolute atomic E-state index is 11.8. The molecule has 1 atom stereocenters. The van der Waals surface area contributed by atoms with E-state index in [0.717, 1.165) is 19.4 Å². The minimum atomic E-state index is -0.171. The Labute approximate surface area is 128 Å². The molecule has 0 aromatic heterocycles. The number of halogens is 2. The molecule has 2 N–H and O–H groups in total. The predicted octanol–water partition coefficient (Wildman–Crippen LogP) is 3.09. The molecule has 6 heteroatoms. The Morgan fingerprint density at radius 2 is 2.05 bits per heavy atom. The van der Waals surface area contributed by atoms with E-state index in [1.165, 1.54) is 6.42 Å². The molecule has 0 bridgehead atoms. The van der Waals surface area contributed by atoms with E-state index in [2.05, 4.69) is 10.6 Å². The zero-order chi connectivity index (χ0) is 14.4. The molecule has 1 amide bonds. The fourth-order valence-corrected chi connectivity index (χ4v) is 2.61. The minimum Gasteiger partial charge on any atom is -0.377 e. The van der Waals surface area contributed by atoms with Gasteiger partial charge >= 0.3 is 0 Å². The molecule has 1 heterocycles. The molecule has 110 valence electrons. The van der Waals surface area contributed by atoms with Crippen LogP contribution in [0.5, 0.6) is 0 Å². The summed E-state index contributed by atoms with van der Waals surface area (Å²) < 4.78 is 5.58. The van der Waals surface area contributed by atoms with E-state index in [-0.39, 0.29) is 18.6 Å². The zero-order valence-electron chi connectivity index (χ0n) is 11.1. The van der Waals surface area contributed by atoms with Gasteiger partial charge in [-0.15, -0.1) is 0 Å². The molecule has 0 aliphatic carbocycles. The Kier molecular flexibility index (Phi) is 6.10. The SMILES string of the molecule is O=C(CNCC1CCCCO1)Nc1c(Cl)cccc1Cl. The molecule has 1 unspecified atom stereocenters. The van der Waals surface area contributed by atoms with E-state index in [4.69, 9.17) is 27.9 Å². The molecule has 0 spiro atoms. The number of carbonyl (C=O) groups excluding carboxylic acids is 1. The molecule has 1 aliphatic rings. The summed E-state index contributed by atoms with van der Waals surface area (Å²) in [6.45, 7) is 1.71. The molecule has 1 aliphatic heterocycles. The fourth-order valence-electron chi connectivity index (χ4n) is 2.12. The minimum absolute atomic E-state index is 0.171. The zero-order valence-corrected chi connectivity index (χ0v) is 12.6. The van der Waals surface area contributed by atoms with Crippen LogP contribution >= 0.6 is 23.2 Å². The van der Waals surface area contributed by atoms with Crippen molar-refractivity contribution in [2.75, 3.05) is 25.0 Å². The Bertz CT molecular complexity index is 442. The van der Waals surface area contributed by atoms with E-state index >= 15 is 0 Å². The van der Waals surface area contributed by atoms with Gasteiger partial charge in [0.05, 0.1) is 28.4 Å². The van der Waals surface area contributed by atoms with Gasteiger partial charge in [0.1, 0.15) is 0 Å². The van der Waals surface area contributed by atoms with Crippen molar-refractivity contribution in [1.29, 1.82) is 0 Å². The predicted molar refractivity (Wildman–Crippen MR) is 81.6 cm³/mol. The van der Waals surface area contributed by atoms with Crippen molar-refractivity contribution in [1.82, 2.24) is 5.32 Å². The van der Waals surface area contributed by atoms with Gasteiger partial charge in [-0.25, -0.2) is 0 Å². The van der Waals surface area contributed by atoms with Gasteiger partial charge < -0.3 is 15.4 Å². The second-order valence-electron chi connectivity index (χ2n) is 4.76. The number of nitrogens with one attached hydrogen (secondary N) is 2. The van der Waals surface area contributed by atoms with Crippen LogP contribution in [-0.4, -0.2) is 31.7 Å². The van der Waals surface area contributed by atoms with E-state index in [1.807, 2.05) is 0 Å². The van der Waals surface area contributed by atoms with E-state index in [1.54, 1.807) is 18.2 Å². The number of carbonyl (C=O) groups is 1. The highest BCUT2D eigenvalue weighted by Crippen LogP contribution is 2.29. The molecular weight excluding hydrogens is 299 g/mol. The van der Waals surface area contributed by atoms with Crippen LogP contribution in [0, 0.1) is 0 Å². The number of benzene rings is 1. The molecule has 20 heavy (non-hydrogen) atoms. The number of rotatable bonds is 5. The molecule has 2 rings (SSSR count). The Balaban J connectivity index is 1.75. The van der Waals surface area contributed by atoms with Crippen LogP contribution in [0.3, 0.4) is 0 Å². The van der Waals surface area contributed by atoms with Gasteiger partial charge in [0, 0.05) is 13.2 Å². The average Bonchev–Trinajstić information content (AvgIpc) is 2.44. The maximum Gasteiger partial charge on any atom is 0.238 e. The van der Waals surface area contributed by atoms with Crippen molar-refractivity contribution in [2.24, 2.45) is 0 Å². The largest absolute Gasteiger partial charge is 0.377 e. The first kappa shape index (κ1) is 15.6. The molecule has 4 nitrogen and oxygen atoms in total. The van der Waals surface area contributed by atoms with Crippen LogP contribution in [0.2, 0.25) is 10.0 Å². The number of hydrogen-bond acceptors (Lipinski definition) is 3. The first-order valence-electron chi connectivity index (χ1n) is 6.73. The Hall–Kier alpha value is -0.810. The van der Waals surface area contributed by atoms with Gasteiger partial charge in [0.15, 0.2) is 0 Å². The summed E-state index contributed by atoms with van der Waals surface area (Å²) in [6.07, 6.45) is 3.57.